The average Bonchev–Trinajstić information content (AvgIpc) is 3.06. The number of aromatic nitrogens is 3. The summed E-state index contributed by atoms with van der Waals surface area (Å²) in [6.07, 6.45) is 7.45. The third kappa shape index (κ3) is 3.40. The molecule has 0 unspecified atom stereocenters. The summed E-state index contributed by atoms with van der Waals surface area (Å²) in [5.74, 6) is 1.67. The highest BCUT2D eigenvalue weighted by atomic mass is 32.1. The van der Waals surface area contributed by atoms with Gasteiger partial charge in [0.2, 0.25) is 0 Å². The number of nitrogens with zero attached hydrogens (tertiary/aromatic N) is 4. The van der Waals surface area contributed by atoms with E-state index in [1.807, 2.05) is 0 Å². The minimum atomic E-state index is -0.159. The highest BCUT2D eigenvalue weighted by Crippen LogP contribution is 2.43. The lowest BCUT2D eigenvalue weighted by molar-refractivity contribution is -0.0402. The maximum atomic E-state index is 6.19. The Labute approximate surface area is 176 Å². The quantitative estimate of drug-likeness (QED) is 0.588. The molecule has 0 N–H and O–H groups in total. The third-order valence-electron chi connectivity index (χ3n) is 6.15. The maximum Gasteiger partial charge on any atom is 0.150 e. The van der Waals surface area contributed by atoms with Crippen LogP contribution in [0, 0.1) is 5.92 Å². The average molecular weight is 411 g/mol. The van der Waals surface area contributed by atoms with Crippen LogP contribution in [0.4, 0.5) is 5.82 Å². The fraction of sp³-hybridized carbons (Fsp3) is 0.609. The number of pyridine rings is 1. The Kier molecular flexibility index (Phi) is 4.74. The molecule has 29 heavy (non-hydrogen) atoms. The van der Waals surface area contributed by atoms with Gasteiger partial charge >= 0.3 is 0 Å². The number of thiophene rings is 1. The van der Waals surface area contributed by atoms with Gasteiger partial charge in [0.05, 0.1) is 22.4 Å². The Bertz CT molecular complexity index is 1070. The topological polar surface area (TPSA) is 51.1 Å². The van der Waals surface area contributed by atoms with Gasteiger partial charge in [0.1, 0.15) is 17.0 Å². The van der Waals surface area contributed by atoms with Crippen LogP contribution in [0.15, 0.2) is 6.33 Å². The molecular weight excluding hydrogens is 380 g/mol. The van der Waals surface area contributed by atoms with E-state index >= 15 is 0 Å². The van der Waals surface area contributed by atoms with E-state index in [0.29, 0.717) is 12.5 Å². The van der Waals surface area contributed by atoms with Gasteiger partial charge in [-0.1, -0.05) is 13.8 Å². The second-order valence-electron chi connectivity index (χ2n) is 9.54. The summed E-state index contributed by atoms with van der Waals surface area (Å²) in [4.78, 5) is 18.2. The number of hydrogen-bond acceptors (Lipinski definition) is 6. The normalized spacial score (nSPS) is 19.3. The van der Waals surface area contributed by atoms with E-state index in [-0.39, 0.29) is 5.60 Å². The highest BCUT2D eigenvalue weighted by Gasteiger charge is 2.32. The molecule has 1 fully saturated rings. The number of ether oxygens (including phenoxy) is 1. The van der Waals surface area contributed by atoms with E-state index in [4.69, 9.17) is 19.7 Å². The zero-order chi connectivity index (χ0) is 20.2. The van der Waals surface area contributed by atoms with Crippen molar-refractivity contribution in [3.8, 4) is 0 Å². The highest BCUT2D eigenvalue weighted by molar-refractivity contribution is 7.26. The Morgan fingerprint density at radius 1 is 1.14 bits per heavy atom. The zero-order valence-corrected chi connectivity index (χ0v) is 18.7. The largest absolute Gasteiger partial charge is 0.370 e. The van der Waals surface area contributed by atoms with Crippen molar-refractivity contribution >= 4 is 37.6 Å². The van der Waals surface area contributed by atoms with Gasteiger partial charge in [-0.05, 0) is 51.0 Å². The fourth-order valence-corrected chi connectivity index (χ4v) is 5.94. The molecule has 3 aromatic rings. The summed E-state index contributed by atoms with van der Waals surface area (Å²) >= 11 is 1.78. The summed E-state index contributed by atoms with van der Waals surface area (Å²) < 4.78 is 7.39. The van der Waals surface area contributed by atoms with Crippen molar-refractivity contribution in [2.24, 2.45) is 5.92 Å². The first kappa shape index (κ1) is 19.2. The van der Waals surface area contributed by atoms with Crippen molar-refractivity contribution in [3.63, 3.8) is 0 Å². The molecule has 1 saturated heterocycles. The summed E-state index contributed by atoms with van der Waals surface area (Å²) in [6, 6.07) is 0. The molecule has 2 aliphatic rings. The van der Waals surface area contributed by atoms with Crippen LogP contribution < -0.4 is 4.90 Å². The first-order valence-corrected chi connectivity index (χ1v) is 11.7. The van der Waals surface area contributed by atoms with Crippen LogP contribution in [-0.4, -0.2) is 33.6 Å². The van der Waals surface area contributed by atoms with Crippen LogP contribution >= 0.6 is 11.3 Å². The van der Waals surface area contributed by atoms with Gasteiger partial charge in [-0.15, -0.1) is 11.3 Å². The van der Waals surface area contributed by atoms with Crippen LogP contribution in [0.5, 0.6) is 0 Å². The monoisotopic (exact) mass is 410 g/mol. The van der Waals surface area contributed by atoms with E-state index in [1.165, 1.54) is 46.2 Å². The van der Waals surface area contributed by atoms with Gasteiger partial charge in [-0.3, -0.25) is 0 Å². The van der Waals surface area contributed by atoms with Crippen LogP contribution in [0.2, 0.25) is 0 Å². The number of fused-ring (bicyclic) bond motifs is 5. The molecule has 0 atom stereocenters. The van der Waals surface area contributed by atoms with E-state index in [9.17, 15) is 0 Å². The van der Waals surface area contributed by atoms with Crippen LogP contribution in [0.25, 0.3) is 20.4 Å². The molecular formula is C23H30N4OS. The zero-order valence-electron chi connectivity index (χ0n) is 17.9. The van der Waals surface area contributed by atoms with Crippen LogP contribution in [0.1, 0.15) is 63.8 Å². The van der Waals surface area contributed by atoms with E-state index < -0.39 is 0 Å². The van der Waals surface area contributed by atoms with Gasteiger partial charge in [0, 0.05) is 36.2 Å². The first-order chi connectivity index (χ1) is 13.9. The number of anilines is 1. The molecule has 0 aliphatic carbocycles. The second-order valence-corrected chi connectivity index (χ2v) is 10.5. The lowest BCUT2D eigenvalue weighted by Crippen LogP contribution is -2.33. The molecule has 5 nitrogen and oxygen atoms in total. The molecule has 0 aromatic carbocycles. The molecule has 5 heterocycles. The van der Waals surface area contributed by atoms with Gasteiger partial charge in [0.15, 0.2) is 0 Å². The van der Waals surface area contributed by atoms with E-state index in [0.717, 1.165) is 42.1 Å². The molecule has 154 valence electrons. The van der Waals surface area contributed by atoms with Crippen LogP contribution in [0.3, 0.4) is 0 Å². The molecule has 0 amide bonds. The Balaban J connectivity index is 1.76. The van der Waals surface area contributed by atoms with Gasteiger partial charge < -0.3 is 9.64 Å². The van der Waals surface area contributed by atoms with Crippen LogP contribution in [-0.2, 0) is 24.2 Å². The molecule has 0 radical (unpaired) electrons. The Hall–Kier alpha value is -1.79. The maximum absolute atomic E-state index is 6.19. The number of rotatable bonds is 3. The predicted octanol–water partition coefficient (Wildman–Crippen LogP) is 5.28. The summed E-state index contributed by atoms with van der Waals surface area (Å²) in [6.45, 7) is 11.7. The predicted molar refractivity (Wildman–Crippen MR) is 120 cm³/mol. The minimum absolute atomic E-state index is 0.159. The summed E-state index contributed by atoms with van der Waals surface area (Å²) in [7, 11) is 0. The minimum Gasteiger partial charge on any atom is -0.370 e. The number of hydrogen-bond donors (Lipinski definition) is 0. The molecule has 6 heteroatoms. The van der Waals surface area contributed by atoms with E-state index in [2.05, 4.69) is 32.6 Å². The summed E-state index contributed by atoms with van der Waals surface area (Å²) in [5.41, 5.74) is 4.82. The van der Waals surface area contributed by atoms with Crippen molar-refractivity contribution in [3.05, 3.63) is 23.1 Å². The standard InChI is InChI=1S/C23H30N4OS/c1-14(2)10-17-16-12-28-23(3,4)11-15(16)18-19-20(29-22(18)26-17)21(25-13-24-19)27-8-6-5-7-9-27/h13-14H,5-12H2,1-4H3. The van der Waals surface area contributed by atoms with Gasteiger partial charge in [-0.25, -0.2) is 15.0 Å². The molecule has 0 bridgehead atoms. The van der Waals surface area contributed by atoms with Crippen molar-refractivity contribution < 1.29 is 4.74 Å². The van der Waals surface area contributed by atoms with Crippen molar-refractivity contribution in [2.45, 2.75) is 72.0 Å². The molecule has 0 spiro atoms. The molecule has 3 aromatic heterocycles. The van der Waals surface area contributed by atoms with Crippen molar-refractivity contribution in [1.29, 1.82) is 0 Å². The third-order valence-corrected chi connectivity index (χ3v) is 7.22. The first-order valence-electron chi connectivity index (χ1n) is 10.9. The lowest BCUT2D eigenvalue weighted by atomic mass is 9.88. The number of piperidine rings is 1. The lowest BCUT2D eigenvalue weighted by Gasteiger charge is -2.33. The van der Waals surface area contributed by atoms with Gasteiger partial charge in [-0.2, -0.15) is 0 Å². The second kappa shape index (κ2) is 7.17. The molecule has 2 aliphatic heterocycles. The van der Waals surface area contributed by atoms with Gasteiger partial charge in [0.25, 0.3) is 0 Å². The molecule has 5 rings (SSSR count). The summed E-state index contributed by atoms with van der Waals surface area (Å²) in [5, 5.41) is 1.24. The Morgan fingerprint density at radius 3 is 2.69 bits per heavy atom. The smallest absolute Gasteiger partial charge is 0.150 e. The fourth-order valence-electron chi connectivity index (χ4n) is 4.75. The Morgan fingerprint density at radius 2 is 1.93 bits per heavy atom. The SMILES string of the molecule is CC(C)Cc1nc2sc3c(N4CCCCC4)ncnc3c2c2c1COC(C)(C)C2. The molecule has 0 saturated carbocycles. The van der Waals surface area contributed by atoms with E-state index in [1.54, 1.807) is 17.7 Å². The van der Waals surface area contributed by atoms with Crippen molar-refractivity contribution in [1.82, 2.24) is 15.0 Å². The van der Waals surface area contributed by atoms with Crippen molar-refractivity contribution in [2.75, 3.05) is 18.0 Å².